The first-order valence-corrected chi connectivity index (χ1v) is 4.55. The molecule has 0 aromatic carbocycles. The molecule has 1 aliphatic heterocycles. The summed E-state index contributed by atoms with van der Waals surface area (Å²) in [6.07, 6.45) is -0.690. The van der Waals surface area contributed by atoms with Gasteiger partial charge >= 0.3 is 13.8 Å². The number of cyclic esters (lactones) is 1. The third-order valence-corrected chi connectivity index (χ3v) is 1.55. The SMILES string of the molecule is NP(=O)(O)NN1CCOC1=O. The van der Waals surface area contributed by atoms with Crippen molar-refractivity contribution in [1.29, 1.82) is 0 Å². The van der Waals surface area contributed by atoms with Gasteiger partial charge in [-0.2, -0.15) is 0 Å². The lowest BCUT2D eigenvalue weighted by Gasteiger charge is -2.15. The first kappa shape index (κ1) is 8.48. The Balaban J connectivity index is 2.50. The minimum Gasteiger partial charge on any atom is -0.447 e. The van der Waals surface area contributed by atoms with Gasteiger partial charge in [-0.05, 0) is 0 Å². The van der Waals surface area contributed by atoms with Crippen molar-refractivity contribution in [2.75, 3.05) is 13.2 Å². The fraction of sp³-hybridized carbons (Fsp3) is 0.667. The summed E-state index contributed by atoms with van der Waals surface area (Å²) in [6.45, 7) is 0.423. The van der Waals surface area contributed by atoms with Gasteiger partial charge in [-0.3, -0.25) is 4.57 Å². The highest BCUT2D eigenvalue weighted by atomic mass is 31.2. The predicted molar refractivity (Wildman–Crippen MR) is 35.2 cm³/mol. The number of nitrogens with one attached hydrogen (secondary N) is 1. The Kier molecular flexibility index (Phi) is 2.15. The molecule has 8 heteroatoms. The van der Waals surface area contributed by atoms with Crippen molar-refractivity contribution < 1.29 is 19.0 Å². The number of hydrogen-bond acceptors (Lipinski definition) is 3. The van der Waals surface area contributed by atoms with Crippen LogP contribution >= 0.6 is 7.67 Å². The van der Waals surface area contributed by atoms with Gasteiger partial charge in [0, 0.05) is 0 Å². The number of hydrazine groups is 1. The summed E-state index contributed by atoms with van der Waals surface area (Å²) in [6, 6.07) is 0. The monoisotopic (exact) mass is 181 g/mol. The van der Waals surface area contributed by atoms with E-state index < -0.39 is 13.8 Å². The number of nitrogens with two attached hydrogens (primary N) is 1. The molecule has 1 fully saturated rings. The van der Waals surface area contributed by atoms with Crippen LogP contribution in [-0.4, -0.2) is 29.1 Å². The van der Waals surface area contributed by atoms with Crippen LogP contribution in [-0.2, 0) is 9.30 Å². The Labute approximate surface area is 62.6 Å². The second-order valence-corrected chi connectivity index (χ2v) is 3.43. The largest absolute Gasteiger partial charge is 0.447 e. The van der Waals surface area contributed by atoms with Gasteiger partial charge in [0.15, 0.2) is 0 Å². The molecule has 0 radical (unpaired) electrons. The van der Waals surface area contributed by atoms with Crippen molar-refractivity contribution in [3.8, 4) is 0 Å². The molecule has 1 saturated heterocycles. The topological polar surface area (TPSA) is 105 Å². The van der Waals surface area contributed by atoms with Crippen molar-refractivity contribution in [1.82, 2.24) is 10.2 Å². The standard InChI is InChI=1S/C3H8N3O4P/c4-11(8,9)5-6-1-2-10-3(6)7/h1-2H2,(H4,4,5,8,9). The molecule has 1 amide bonds. The fourth-order valence-corrected chi connectivity index (χ4v) is 1.18. The van der Waals surface area contributed by atoms with Crippen LogP contribution in [0, 0.1) is 0 Å². The van der Waals surface area contributed by atoms with Crippen LogP contribution in [0.1, 0.15) is 0 Å². The zero-order valence-electron chi connectivity index (χ0n) is 5.56. The van der Waals surface area contributed by atoms with Crippen LogP contribution in [0.2, 0.25) is 0 Å². The number of rotatable bonds is 2. The highest BCUT2D eigenvalue weighted by Gasteiger charge is 2.26. The summed E-state index contributed by atoms with van der Waals surface area (Å²) in [5.74, 6) is 0. The van der Waals surface area contributed by atoms with Crippen LogP contribution in [0.5, 0.6) is 0 Å². The first-order valence-electron chi connectivity index (χ1n) is 2.82. The first-order chi connectivity index (χ1) is 4.99. The van der Waals surface area contributed by atoms with Crippen LogP contribution in [0.4, 0.5) is 4.79 Å². The van der Waals surface area contributed by atoms with Gasteiger partial charge in [0.25, 0.3) is 0 Å². The molecule has 4 N–H and O–H groups in total. The van der Waals surface area contributed by atoms with Crippen LogP contribution < -0.4 is 10.7 Å². The highest BCUT2D eigenvalue weighted by Crippen LogP contribution is 2.24. The molecule has 64 valence electrons. The summed E-state index contributed by atoms with van der Waals surface area (Å²) in [7, 11) is -3.88. The molecule has 1 atom stereocenters. The van der Waals surface area contributed by atoms with E-state index in [-0.39, 0.29) is 13.2 Å². The van der Waals surface area contributed by atoms with E-state index in [0.717, 1.165) is 5.01 Å². The van der Waals surface area contributed by atoms with E-state index in [2.05, 4.69) is 4.74 Å². The molecule has 1 unspecified atom stereocenters. The Morgan fingerprint density at radius 1 is 1.82 bits per heavy atom. The zero-order valence-corrected chi connectivity index (χ0v) is 6.45. The molecule has 0 aromatic heterocycles. The Morgan fingerprint density at radius 2 is 2.45 bits per heavy atom. The number of carbonyl (C=O) groups excluding carboxylic acids is 1. The molecular formula is C3H8N3O4P. The van der Waals surface area contributed by atoms with E-state index >= 15 is 0 Å². The third-order valence-electron chi connectivity index (χ3n) is 1.02. The highest BCUT2D eigenvalue weighted by molar-refractivity contribution is 7.53. The van der Waals surface area contributed by atoms with Gasteiger partial charge in [-0.25, -0.2) is 15.3 Å². The molecule has 0 aromatic rings. The smallest absolute Gasteiger partial charge is 0.424 e. The molecule has 0 saturated carbocycles. The lowest BCUT2D eigenvalue weighted by molar-refractivity contribution is 0.152. The van der Waals surface area contributed by atoms with Crippen molar-refractivity contribution in [3.63, 3.8) is 0 Å². The van der Waals surface area contributed by atoms with Gasteiger partial charge in [0.2, 0.25) is 0 Å². The van der Waals surface area contributed by atoms with Gasteiger partial charge in [0.1, 0.15) is 6.61 Å². The van der Waals surface area contributed by atoms with Crippen LogP contribution in [0.3, 0.4) is 0 Å². The van der Waals surface area contributed by atoms with Crippen molar-refractivity contribution >= 4 is 13.8 Å². The summed E-state index contributed by atoms with van der Waals surface area (Å²) >= 11 is 0. The van der Waals surface area contributed by atoms with Gasteiger partial charge in [-0.15, -0.1) is 5.20 Å². The van der Waals surface area contributed by atoms with E-state index in [1.165, 1.54) is 0 Å². The average Bonchev–Trinajstić information content (AvgIpc) is 2.12. The van der Waals surface area contributed by atoms with Crippen LogP contribution in [0.25, 0.3) is 0 Å². The molecule has 0 aliphatic carbocycles. The second kappa shape index (κ2) is 2.78. The minimum atomic E-state index is -3.88. The quantitative estimate of drug-likeness (QED) is 0.472. The van der Waals surface area contributed by atoms with Crippen LogP contribution in [0.15, 0.2) is 0 Å². The van der Waals surface area contributed by atoms with Gasteiger partial charge < -0.3 is 9.63 Å². The Morgan fingerprint density at radius 3 is 2.82 bits per heavy atom. The number of carbonyl (C=O) groups is 1. The van der Waals surface area contributed by atoms with E-state index in [1.807, 2.05) is 5.20 Å². The number of hydrogen-bond donors (Lipinski definition) is 3. The molecule has 1 heterocycles. The van der Waals surface area contributed by atoms with Gasteiger partial charge in [-0.1, -0.05) is 0 Å². The van der Waals surface area contributed by atoms with E-state index in [4.69, 9.17) is 10.4 Å². The number of nitrogens with zero attached hydrogens (tertiary/aromatic N) is 1. The molecule has 0 spiro atoms. The molecule has 11 heavy (non-hydrogen) atoms. The normalized spacial score (nSPS) is 23.1. The van der Waals surface area contributed by atoms with Crippen molar-refractivity contribution in [2.24, 2.45) is 5.50 Å². The maximum atomic E-state index is 10.6. The molecule has 1 aliphatic rings. The lowest BCUT2D eigenvalue weighted by atomic mass is 10.7. The predicted octanol–water partition coefficient (Wildman–Crippen LogP) is -0.998. The number of amides is 1. The lowest BCUT2D eigenvalue weighted by Crippen LogP contribution is -2.37. The van der Waals surface area contributed by atoms with Crippen molar-refractivity contribution in [2.45, 2.75) is 0 Å². The van der Waals surface area contributed by atoms with E-state index in [1.54, 1.807) is 0 Å². The summed E-state index contributed by atoms with van der Waals surface area (Å²) in [5, 5.41) is 2.78. The van der Waals surface area contributed by atoms with Crippen molar-refractivity contribution in [3.05, 3.63) is 0 Å². The molecule has 1 rings (SSSR count). The summed E-state index contributed by atoms with van der Waals surface area (Å²) in [4.78, 5) is 19.2. The van der Waals surface area contributed by atoms with E-state index in [9.17, 15) is 9.36 Å². The van der Waals surface area contributed by atoms with Gasteiger partial charge in [0.05, 0.1) is 6.54 Å². The molecule has 0 bridgehead atoms. The minimum absolute atomic E-state index is 0.200. The average molecular weight is 181 g/mol. The molecule has 7 nitrogen and oxygen atoms in total. The fourth-order valence-electron chi connectivity index (χ4n) is 0.657. The molecular weight excluding hydrogens is 173 g/mol. The second-order valence-electron chi connectivity index (χ2n) is 1.99. The maximum absolute atomic E-state index is 10.6. The Bertz CT molecular complexity index is 213. The zero-order chi connectivity index (χ0) is 8.48. The third kappa shape index (κ3) is 2.47. The Hall–Kier alpha value is -0.620. The maximum Gasteiger partial charge on any atom is 0.424 e. The number of ether oxygens (including phenoxy) is 1. The summed E-state index contributed by atoms with van der Waals surface area (Å²) in [5.41, 5.74) is 4.73. The van der Waals surface area contributed by atoms with E-state index in [0.29, 0.717) is 0 Å². The summed E-state index contributed by atoms with van der Waals surface area (Å²) < 4.78 is 14.9.